The molecule has 2 aromatic heterocycles. The number of hydrogen-bond donors (Lipinski definition) is 2. The number of ether oxygens (including phenoxy) is 1. The lowest BCUT2D eigenvalue weighted by molar-refractivity contribution is -0.133. The molecule has 0 saturated carbocycles. The minimum Gasteiger partial charge on any atom is -0.437 e. The quantitative estimate of drug-likeness (QED) is 0.322. The van der Waals surface area contributed by atoms with E-state index >= 15 is 0 Å². The van der Waals surface area contributed by atoms with Gasteiger partial charge in [-0.3, -0.25) is 10.1 Å². The normalized spacial score (nSPS) is 16.5. The van der Waals surface area contributed by atoms with Crippen LogP contribution >= 0.6 is 0 Å². The highest BCUT2D eigenvalue weighted by Crippen LogP contribution is 2.42. The van der Waals surface area contributed by atoms with Crippen LogP contribution in [0.4, 0.5) is 32.6 Å². The maximum Gasteiger partial charge on any atom is 0.413 e. The number of benzene rings is 1. The number of fused-ring (bicyclic) bond motifs is 2. The third-order valence-electron chi connectivity index (χ3n) is 7.46. The van der Waals surface area contributed by atoms with Crippen LogP contribution in [0.1, 0.15) is 68.1 Å². The van der Waals surface area contributed by atoms with Gasteiger partial charge < -0.3 is 14.6 Å². The minimum absolute atomic E-state index is 0.0247. The Bertz CT molecular complexity index is 1400. The smallest absolute Gasteiger partial charge is 0.413 e. The Morgan fingerprint density at radius 2 is 1.88 bits per heavy atom. The SMILES string of the molecule is CC(=O)N1CCC2(CC1)OC(=O)Nc1ncccc12.CC(CCCc1ncc(CC(F)(F)F)[nH]1)c1cccc(F)c1F. The van der Waals surface area contributed by atoms with Crippen LogP contribution in [0.15, 0.2) is 42.7 Å². The Kier molecular flexibility index (Phi) is 9.47. The van der Waals surface area contributed by atoms with Crippen LogP contribution in [0, 0.1) is 11.6 Å². The lowest BCUT2D eigenvalue weighted by Crippen LogP contribution is -2.49. The van der Waals surface area contributed by atoms with Gasteiger partial charge in [0.15, 0.2) is 11.6 Å². The molecule has 2 aliphatic rings. The van der Waals surface area contributed by atoms with Gasteiger partial charge in [0, 0.05) is 62.9 Å². The van der Waals surface area contributed by atoms with Gasteiger partial charge in [-0.1, -0.05) is 19.1 Å². The third-order valence-corrected chi connectivity index (χ3v) is 7.46. The summed E-state index contributed by atoms with van der Waals surface area (Å²) in [6.45, 7) is 4.53. The Hall–Kier alpha value is -4.03. The molecule has 1 saturated heterocycles. The fourth-order valence-corrected chi connectivity index (χ4v) is 5.25. The summed E-state index contributed by atoms with van der Waals surface area (Å²) < 4.78 is 69.1. The molecular formula is C29H32F5N5O3. The largest absolute Gasteiger partial charge is 0.437 e. The van der Waals surface area contributed by atoms with Crippen LogP contribution in [0.2, 0.25) is 0 Å². The zero-order valence-electron chi connectivity index (χ0n) is 23.2. The van der Waals surface area contributed by atoms with Gasteiger partial charge in [-0.25, -0.2) is 23.5 Å². The van der Waals surface area contributed by atoms with E-state index in [-0.39, 0.29) is 17.5 Å². The fourth-order valence-electron chi connectivity index (χ4n) is 5.25. The number of halogens is 5. The molecule has 4 heterocycles. The molecule has 5 rings (SSSR count). The maximum absolute atomic E-state index is 13.7. The van der Waals surface area contributed by atoms with Crippen molar-refractivity contribution in [1.29, 1.82) is 0 Å². The van der Waals surface area contributed by atoms with Crippen molar-refractivity contribution in [3.63, 3.8) is 0 Å². The molecule has 0 radical (unpaired) electrons. The number of imidazole rings is 1. The molecule has 13 heteroatoms. The molecule has 1 spiro atoms. The first-order valence-electron chi connectivity index (χ1n) is 13.6. The maximum atomic E-state index is 13.7. The zero-order chi connectivity index (χ0) is 30.5. The van der Waals surface area contributed by atoms with Crippen LogP contribution in [-0.2, 0) is 28.0 Å². The molecule has 2 amide bonds. The number of aromatic amines is 1. The van der Waals surface area contributed by atoms with E-state index in [2.05, 4.69) is 20.3 Å². The van der Waals surface area contributed by atoms with E-state index in [9.17, 15) is 31.5 Å². The number of H-pyrrole nitrogens is 1. The van der Waals surface area contributed by atoms with Crippen LogP contribution < -0.4 is 5.32 Å². The van der Waals surface area contributed by atoms with Crippen molar-refractivity contribution in [3.8, 4) is 0 Å². The van der Waals surface area contributed by atoms with E-state index in [1.165, 1.54) is 18.3 Å². The summed E-state index contributed by atoms with van der Waals surface area (Å²) in [5, 5.41) is 2.61. The number of hydrogen-bond acceptors (Lipinski definition) is 5. The first-order chi connectivity index (χ1) is 19.9. The standard InChI is InChI=1S/C16H17F5N2.C13H15N3O3/c1-10(12-5-3-6-13(17)15(12)18)4-2-7-14-22-9-11(23-14)8-16(19,20)21;1-9(17)16-7-4-13(5-8-16)10-3-2-6-14-11(10)15-12(18)19-13/h3,5-6,9-10H,2,4,7-8H2,1H3,(H,22,23);2-3,6H,4-5,7-8H2,1H3,(H,14,15,18). The van der Waals surface area contributed by atoms with Crippen molar-refractivity contribution in [2.75, 3.05) is 18.4 Å². The summed E-state index contributed by atoms with van der Waals surface area (Å²) in [5.41, 5.74) is 0.592. The second kappa shape index (κ2) is 12.9. The Morgan fingerprint density at radius 3 is 2.57 bits per heavy atom. The molecule has 2 aliphatic heterocycles. The van der Waals surface area contributed by atoms with Gasteiger partial charge in [0.2, 0.25) is 5.91 Å². The van der Waals surface area contributed by atoms with Gasteiger partial charge in [-0.15, -0.1) is 0 Å². The highest BCUT2D eigenvalue weighted by Gasteiger charge is 2.45. The molecule has 1 unspecified atom stereocenters. The number of nitrogens with zero attached hydrogens (tertiary/aromatic N) is 3. The molecule has 8 nitrogen and oxygen atoms in total. The van der Waals surface area contributed by atoms with Crippen LogP contribution in [0.25, 0.3) is 0 Å². The summed E-state index contributed by atoms with van der Waals surface area (Å²) in [4.78, 5) is 35.5. The number of aromatic nitrogens is 3. The predicted molar refractivity (Wildman–Crippen MR) is 144 cm³/mol. The molecule has 2 N–H and O–H groups in total. The third kappa shape index (κ3) is 7.62. The van der Waals surface area contributed by atoms with Crippen LogP contribution in [-0.4, -0.2) is 51.1 Å². The van der Waals surface area contributed by atoms with Crippen molar-refractivity contribution < 1.29 is 36.3 Å². The second-order valence-corrected chi connectivity index (χ2v) is 10.5. The van der Waals surface area contributed by atoms with Crippen molar-refractivity contribution in [1.82, 2.24) is 19.9 Å². The zero-order valence-corrected chi connectivity index (χ0v) is 23.2. The molecule has 3 aromatic rings. The molecule has 0 bridgehead atoms. The topological polar surface area (TPSA) is 100 Å². The molecule has 1 aromatic carbocycles. The monoisotopic (exact) mass is 593 g/mol. The summed E-state index contributed by atoms with van der Waals surface area (Å²) >= 11 is 0. The van der Waals surface area contributed by atoms with Crippen LogP contribution in [0.5, 0.6) is 0 Å². The highest BCUT2D eigenvalue weighted by atomic mass is 19.4. The molecule has 1 atom stereocenters. The first-order valence-corrected chi connectivity index (χ1v) is 13.6. The minimum atomic E-state index is -4.27. The molecule has 0 aliphatic carbocycles. The van der Waals surface area contributed by atoms with Gasteiger partial charge in [0.05, 0.1) is 6.42 Å². The number of carbonyl (C=O) groups is 2. The number of amides is 2. The average Bonchev–Trinajstić information content (AvgIpc) is 3.36. The van der Waals surface area contributed by atoms with E-state index in [1.54, 1.807) is 24.9 Å². The van der Waals surface area contributed by atoms with Gasteiger partial charge in [-0.2, -0.15) is 13.2 Å². The first kappa shape index (κ1) is 30.9. The molecular weight excluding hydrogens is 561 g/mol. The molecule has 1 fully saturated rings. The summed E-state index contributed by atoms with van der Waals surface area (Å²) in [7, 11) is 0. The van der Waals surface area contributed by atoms with E-state index in [4.69, 9.17) is 4.74 Å². The summed E-state index contributed by atoms with van der Waals surface area (Å²) in [6, 6.07) is 7.82. The van der Waals surface area contributed by atoms with Gasteiger partial charge in [0.1, 0.15) is 17.2 Å². The lowest BCUT2D eigenvalue weighted by Gasteiger charge is -2.43. The second-order valence-electron chi connectivity index (χ2n) is 10.5. The highest BCUT2D eigenvalue weighted by molar-refractivity contribution is 5.87. The number of likely N-dealkylation sites (tertiary alicyclic amines) is 1. The Balaban J connectivity index is 0.000000196. The summed E-state index contributed by atoms with van der Waals surface area (Å²) in [6.07, 6.45) is -0.0932. The van der Waals surface area contributed by atoms with Gasteiger partial charge in [0.25, 0.3) is 0 Å². The van der Waals surface area contributed by atoms with E-state index < -0.39 is 35.9 Å². The van der Waals surface area contributed by atoms with Crippen molar-refractivity contribution >= 4 is 17.8 Å². The number of nitrogens with one attached hydrogen (secondary N) is 2. The van der Waals surface area contributed by atoms with Crippen molar-refractivity contribution in [2.24, 2.45) is 0 Å². The predicted octanol–water partition coefficient (Wildman–Crippen LogP) is 6.40. The van der Waals surface area contributed by atoms with E-state index in [0.29, 0.717) is 62.4 Å². The lowest BCUT2D eigenvalue weighted by atomic mass is 9.83. The van der Waals surface area contributed by atoms with Gasteiger partial charge in [-0.05, 0) is 42.5 Å². The number of carbonyl (C=O) groups excluding carboxylic acids is 2. The van der Waals surface area contributed by atoms with Gasteiger partial charge >= 0.3 is 12.3 Å². The number of anilines is 1. The molecule has 226 valence electrons. The van der Waals surface area contributed by atoms with E-state index in [0.717, 1.165) is 11.6 Å². The number of rotatable bonds is 6. The summed E-state index contributed by atoms with van der Waals surface area (Å²) in [5.74, 6) is -0.814. The van der Waals surface area contributed by atoms with Crippen LogP contribution in [0.3, 0.4) is 0 Å². The Labute approximate surface area is 239 Å². The fraction of sp³-hybridized carbons (Fsp3) is 0.448. The van der Waals surface area contributed by atoms with E-state index in [1.807, 2.05) is 12.1 Å². The molecule has 42 heavy (non-hydrogen) atoms. The van der Waals surface area contributed by atoms with Crippen molar-refractivity contribution in [3.05, 3.63) is 77.0 Å². The number of piperidine rings is 1. The average molecular weight is 594 g/mol. The number of alkyl halides is 3. The number of pyridine rings is 1. The van der Waals surface area contributed by atoms with Crippen molar-refractivity contribution in [2.45, 2.75) is 70.1 Å². The number of aryl methyl sites for hydroxylation is 1. The Morgan fingerprint density at radius 1 is 1.14 bits per heavy atom.